The first-order chi connectivity index (χ1) is 11.6. The highest BCUT2D eigenvalue weighted by Gasteiger charge is 2.15. The fraction of sp³-hybridized carbons (Fsp3) is 0.125. The van der Waals surface area contributed by atoms with Gasteiger partial charge in [0, 0.05) is 28.9 Å². The van der Waals surface area contributed by atoms with Crippen molar-refractivity contribution in [2.24, 2.45) is 0 Å². The van der Waals surface area contributed by atoms with Gasteiger partial charge in [-0.25, -0.2) is 19.3 Å². The molecule has 0 atom stereocenters. The largest absolute Gasteiger partial charge is 0.314 e. The van der Waals surface area contributed by atoms with Crippen LogP contribution in [0.5, 0.6) is 0 Å². The molecule has 4 rings (SSSR count). The predicted molar refractivity (Wildman–Crippen MR) is 95.5 cm³/mol. The molecular weight excluding hydrogens is 345 g/mol. The number of fused-ring (bicyclic) bond motifs is 1. The maximum Gasteiger partial charge on any atom is 0.188 e. The third kappa shape index (κ3) is 2.74. The molecule has 120 valence electrons. The molecule has 4 aromatic heterocycles. The Morgan fingerprint density at radius 2 is 2.00 bits per heavy atom. The summed E-state index contributed by atoms with van der Waals surface area (Å²) in [6.07, 6.45) is 4.54. The Morgan fingerprint density at radius 1 is 1.12 bits per heavy atom. The van der Waals surface area contributed by atoms with E-state index in [0.29, 0.717) is 11.4 Å². The van der Waals surface area contributed by atoms with Crippen LogP contribution in [0.15, 0.2) is 30.0 Å². The first-order valence-corrected chi connectivity index (χ1v) is 8.86. The molecule has 0 aliphatic rings. The summed E-state index contributed by atoms with van der Waals surface area (Å²) in [6.45, 7) is 3.88. The number of nitrogens with one attached hydrogen (secondary N) is 1. The average molecular weight is 357 g/mol. The van der Waals surface area contributed by atoms with Gasteiger partial charge in [0.1, 0.15) is 11.3 Å². The molecule has 0 amide bonds. The molecule has 24 heavy (non-hydrogen) atoms. The number of halogens is 1. The zero-order valence-corrected chi connectivity index (χ0v) is 14.5. The van der Waals surface area contributed by atoms with E-state index in [2.05, 4.69) is 25.3 Å². The van der Waals surface area contributed by atoms with E-state index in [4.69, 9.17) is 0 Å². The summed E-state index contributed by atoms with van der Waals surface area (Å²) in [6, 6.07) is 1.45. The number of hydrogen-bond donors (Lipinski definition) is 1. The number of anilines is 2. The SMILES string of the molecule is Cc1csc(Nc2ncc(-c3cncc(F)c3)c3sc(C)nc23)n1. The second kappa shape index (κ2) is 5.88. The number of hydrogen-bond acceptors (Lipinski definition) is 7. The quantitative estimate of drug-likeness (QED) is 0.575. The lowest BCUT2D eigenvalue weighted by molar-refractivity contribution is 0.622. The second-order valence-corrected chi connectivity index (χ2v) is 7.30. The molecule has 8 heteroatoms. The Morgan fingerprint density at radius 3 is 2.75 bits per heavy atom. The lowest BCUT2D eigenvalue weighted by atomic mass is 10.1. The number of aryl methyl sites for hydroxylation is 2. The van der Waals surface area contributed by atoms with Crippen molar-refractivity contribution in [3.63, 3.8) is 0 Å². The first-order valence-electron chi connectivity index (χ1n) is 7.16. The average Bonchev–Trinajstić information content (AvgIpc) is 3.13. The number of thiazole rings is 2. The van der Waals surface area contributed by atoms with Gasteiger partial charge < -0.3 is 5.32 Å². The number of pyridine rings is 2. The van der Waals surface area contributed by atoms with Crippen LogP contribution in [0.1, 0.15) is 10.7 Å². The van der Waals surface area contributed by atoms with E-state index in [0.717, 1.165) is 31.6 Å². The van der Waals surface area contributed by atoms with Gasteiger partial charge in [-0.2, -0.15) is 0 Å². The van der Waals surface area contributed by atoms with Crippen molar-refractivity contribution >= 4 is 43.8 Å². The van der Waals surface area contributed by atoms with Gasteiger partial charge in [-0.05, 0) is 19.9 Å². The minimum Gasteiger partial charge on any atom is -0.314 e. The van der Waals surface area contributed by atoms with Crippen molar-refractivity contribution in [2.75, 3.05) is 5.32 Å². The summed E-state index contributed by atoms with van der Waals surface area (Å²) in [5.41, 5.74) is 3.22. The van der Waals surface area contributed by atoms with Crippen LogP contribution < -0.4 is 5.32 Å². The van der Waals surface area contributed by atoms with Crippen molar-refractivity contribution < 1.29 is 4.39 Å². The van der Waals surface area contributed by atoms with E-state index in [1.165, 1.54) is 23.6 Å². The Hall–Kier alpha value is -2.45. The molecule has 4 heterocycles. The minimum absolute atomic E-state index is 0.373. The molecule has 4 aromatic rings. The molecule has 0 saturated heterocycles. The van der Waals surface area contributed by atoms with Crippen molar-refractivity contribution in [3.8, 4) is 11.1 Å². The van der Waals surface area contributed by atoms with Crippen LogP contribution in [0.25, 0.3) is 21.3 Å². The summed E-state index contributed by atoms with van der Waals surface area (Å²) >= 11 is 3.07. The third-order valence-electron chi connectivity index (χ3n) is 3.39. The molecular formula is C16H12FN5S2. The van der Waals surface area contributed by atoms with E-state index in [9.17, 15) is 4.39 Å². The van der Waals surface area contributed by atoms with Crippen LogP contribution in [0.4, 0.5) is 15.3 Å². The summed E-state index contributed by atoms with van der Waals surface area (Å²) < 4.78 is 14.5. The van der Waals surface area contributed by atoms with Crippen LogP contribution in [0, 0.1) is 19.7 Å². The molecule has 0 unspecified atom stereocenters. The molecule has 0 spiro atoms. The van der Waals surface area contributed by atoms with Crippen molar-refractivity contribution in [2.45, 2.75) is 13.8 Å². The molecule has 0 bridgehead atoms. The van der Waals surface area contributed by atoms with Crippen LogP contribution in [0.3, 0.4) is 0 Å². The summed E-state index contributed by atoms with van der Waals surface area (Å²) in [5.74, 6) is 0.277. The molecule has 0 fully saturated rings. The lowest BCUT2D eigenvalue weighted by Crippen LogP contribution is -1.95. The van der Waals surface area contributed by atoms with E-state index < -0.39 is 0 Å². The number of rotatable bonds is 3. The van der Waals surface area contributed by atoms with Crippen LogP contribution in [-0.2, 0) is 0 Å². The zero-order chi connectivity index (χ0) is 16.7. The smallest absolute Gasteiger partial charge is 0.188 e. The maximum absolute atomic E-state index is 13.5. The highest BCUT2D eigenvalue weighted by Crippen LogP contribution is 2.36. The molecule has 0 radical (unpaired) electrons. The number of nitrogens with zero attached hydrogens (tertiary/aromatic N) is 4. The fourth-order valence-electron chi connectivity index (χ4n) is 2.39. The molecule has 0 aliphatic carbocycles. The van der Waals surface area contributed by atoms with Gasteiger partial charge in [0.2, 0.25) is 0 Å². The monoisotopic (exact) mass is 357 g/mol. The van der Waals surface area contributed by atoms with Gasteiger partial charge in [0.05, 0.1) is 21.6 Å². The van der Waals surface area contributed by atoms with Crippen LogP contribution in [0.2, 0.25) is 0 Å². The Balaban J connectivity index is 1.85. The number of aromatic nitrogens is 4. The Kier molecular flexibility index (Phi) is 3.70. The third-order valence-corrected chi connectivity index (χ3v) is 5.27. The first kappa shape index (κ1) is 15.1. The van der Waals surface area contributed by atoms with Crippen molar-refractivity contribution in [1.29, 1.82) is 0 Å². The fourth-order valence-corrected chi connectivity index (χ4v) is 4.03. The van der Waals surface area contributed by atoms with E-state index in [1.807, 2.05) is 19.2 Å². The van der Waals surface area contributed by atoms with Crippen molar-refractivity contribution in [1.82, 2.24) is 19.9 Å². The Bertz CT molecular complexity index is 1040. The van der Waals surface area contributed by atoms with Crippen molar-refractivity contribution in [3.05, 3.63) is 46.6 Å². The van der Waals surface area contributed by atoms with Crippen LogP contribution >= 0.6 is 22.7 Å². The summed E-state index contributed by atoms with van der Waals surface area (Å²) in [4.78, 5) is 17.4. The molecule has 0 aromatic carbocycles. The predicted octanol–water partition coefficient (Wildman–Crippen LogP) is 4.71. The van der Waals surface area contributed by atoms with Gasteiger partial charge in [-0.3, -0.25) is 4.98 Å². The normalized spacial score (nSPS) is 11.1. The summed E-state index contributed by atoms with van der Waals surface area (Å²) in [5, 5.41) is 6.88. The van der Waals surface area contributed by atoms with Gasteiger partial charge in [-0.15, -0.1) is 22.7 Å². The van der Waals surface area contributed by atoms with Gasteiger partial charge in [0.15, 0.2) is 10.9 Å². The standard InChI is InChI=1S/C16H12FN5S2/c1-8-7-23-16(20-8)22-15-13-14(24-9(2)21-13)12(6-19-15)10-3-11(17)5-18-4-10/h3-7H,1-2H3,(H,19,20,22). The highest BCUT2D eigenvalue weighted by molar-refractivity contribution is 7.19. The Labute approximate surface area is 145 Å². The second-order valence-electron chi connectivity index (χ2n) is 5.24. The van der Waals surface area contributed by atoms with Crippen LogP contribution in [-0.4, -0.2) is 19.9 Å². The van der Waals surface area contributed by atoms with Gasteiger partial charge >= 0.3 is 0 Å². The minimum atomic E-state index is -0.373. The van der Waals surface area contributed by atoms with E-state index in [1.54, 1.807) is 23.7 Å². The maximum atomic E-state index is 13.5. The summed E-state index contributed by atoms with van der Waals surface area (Å²) in [7, 11) is 0. The molecule has 0 aliphatic heterocycles. The van der Waals surface area contributed by atoms with E-state index >= 15 is 0 Å². The van der Waals surface area contributed by atoms with Gasteiger partial charge in [0.25, 0.3) is 0 Å². The lowest BCUT2D eigenvalue weighted by Gasteiger charge is -2.06. The molecule has 1 N–H and O–H groups in total. The zero-order valence-electron chi connectivity index (χ0n) is 12.9. The molecule has 5 nitrogen and oxygen atoms in total. The highest BCUT2D eigenvalue weighted by atomic mass is 32.1. The van der Waals surface area contributed by atoms with E-state index in [-0.39, 0.29) is 5.82 Å². The molecule has 0 saturated carbocycles. The topological polar surface area (TPSA) is 63.6 Å². The van der Waals surface area contributed by atoms with Gasteiger partial charge in [-0.1, -0.05) is 0 Å².